The normalized spacial score (nSPS) is 30.6. The third-order valence-corrected chi connectivity index (χ3v) is 4.44. The molecule has 0 saturated carbocycles. The van der Waals surface area contributed by atoms with Crippen LogP contribution < -0.4 is 5.32 Å². The maximum absolute atomic E-state index is 5.68. The zero-order chi connectivity index (χ0) is 13.5. The first-order valence-electron chi connectivity index (χ1n) is 8.09. The standard InChI is InChI=1S/C15H31N3O/c1-3-6-17-7-9-18(10-8-17)12-14-13-19-11-5-15(14)16-4-2/h14-16H,3-13H2,1-2H3. The van der Waals surface area contributed by atoms with E-state index in [1.807, 2.05) is 0 Å². The smallest absolute Gasteiger partial charge is 0.0521 e. The van der Waals surface area contributed by atoms with Gasteiger partial charge in [-0.1, -0.05) is 13.8 Å². The minimum atomic E-state index is 0.660. The molecule has 4 heteroatoms. The number of nitrogens with one attached hydrogen (secondary N) is 1. The lowest BCUT2D eigenvalue weighted by molar-refractivity contribution is 0.00920. The molecule has 2 atom stereocenters. The van der Waals surface area contributed by atoms with Crippen molar-refractivity contribution in [1.29, 1.82) is 0 Å². The van der Waals surface area contributed by atoms with Gasteiger partial charge in [0.2, 0.25) is 0 Å². The van der Waals surface area contributed by atoms with E-state index in [0.717, 1.165) is 19.8 Å². The largest absolute Gasteiger partial charge is 0.381 e. The second-order valence-corrected chi connectivity index (χ2v) is 5.93. The second-order valence-electron chi connectivity index (χ2n) is 5.93. The van der Waals surface area contributed by atoms with Crippen LogP contribution in [0.4, 0.5) is 0 Å². The van der Waals surface area contributed by atoms with Gasteiger partial charge in [-0.05, 0) is 25.9 Å². The van der Waals surface area contributed by atoms with Crippen LogP contribution in [0.5, 0.6) is 0 Å². The summed E-state index contributed by atoms with van der Waals surface area (Å²) in [6.07, 6.45) is 2.45. The first kappa shape index (κ1) is 15.2. The minimum Gasteiger partial charge on any atom is -0.381 e. The fourth-order valence-corrected chi connectivity index (χ4v) is 3.35. The van der Waals surface area contributed by atoms with Crippen molar-refractivity contribution in [3.05, 3.63) is 0 Å². The third kappa shape index (κ3) is 4.71. The third-order valence-electron chi connectivity index (χ3n) is 4.44. The summed E-state index contributed by atoms with van der Waals surface area (Å²) in [6, 6.07) is 0.660. The van der Waals surface area contributed by atoms with E-state index in [1.165, 1.54) is 52.1 Å². The van der Waals surface area contributed by atoms with Crippen molar-refractivity contribution in [2.75, 3.05) is 59.0 Å². The van der Waals surface area contributed by atoms with Crippen LogP contribution in [0.2, 0.25) is 0 Å². The van der Waals surface area contributed by atoms with Crippen molar-refractivity contribution < 1.29 is 4.74 Å². The highest BCUT2D eigenvalue weighted by Gasteiger charge is 2.28. The molecule has 2 unspecified atom stereocenters. The first-order chi connectivity index (χ1) is 9.33. The van der Waals surface area contributed by atoms with E-state index in [1.54, 1.807) is 0 Å². The van der Waals surface area contributed by atoms with Crippen molar-refractivity contribution >= 4 is 0 Å². The molecule has 0 bridgehead atoms. The Balaban J connectivity index is 1.74. The first-order valence-corrected chi connectivity index (χ1v) is 8.09. The van der Waals surface area contributed by atoms with Gasteiger partial charge in [0, 0.05) is 51.3 Å². The lowest BCUT2D eigenvalue weighted by atomic mass is 9.95. The molecule has 0 amide bonds. The summed E-state index contributed by atoms with van der Waals surface area (Å²) in [5.74, 6) is 0.673. The van der Waals surface area contributed by atoms with Gasteiger partial charge in [0.1, 0.15) is 0 Å². The Bertz CT molecular complexity index is 240. The predicted octanol–water partition coefficient (Wildman–Crippen LogP) is 1.03. The molecule has 0 aromatic heterocycles. The van der Waals surface area contributed by atoms with Crippen LogP contribution in [0.3, 0.4) is 0 Å². The average Bonchev–Trinajstić information content (AvgIpc) is 2.44. The number of hydrogen-bond donors (Lipinski definition) is 1. The Morgan fingerprint density at radius 2 is 1.84 bits per heavy atom. The molecule has 0 aromatic rings. The molecule has 2 heterocycles. The Morgan fingerprint density at radius 1 is 1.11 bits per heavy atom. The molecule has 0 radical (unpaired) electrons. The topological polar surface area (TPSA) is 27.7 Å². The number of piperazine rings is 1. The fraction of sp³-hybridized carbons (Fsp3) is 1.00. The molecule has 1 N–H and O–H groups in total. The molecule has 2 aliphatic heterocycles. The lowest BCUT2D eigenvalue weighted by Gasteiger charge is -2.39. The molecule has 2 saturated heterocycles. The maximum atomic E-state index is 5.68. The number of ether oxygens (including phenoxy) is 1. The van der Waals surface area contributed by atoms with Gasteiger partial charge in [-0.25, -0.2) is 0 Å². The van der Waals surface area contributed by atoms with Crippen LogP contribution in [-0.4, -0.2) is 74.9 Å². The van der Waals surface area contributed by atoms with E-state index in [2.05, 4.69) is 29.0 Å². The van der Waals surface area contributed by atoms with E-state index in [9.17, 15) is 0 Å². The van der Waals surface area contributed by atoms with Crippen LogP contribution in [-0.2, 0) is 4.74 Å². The van der Waals surface area contributed by atoms with Gasteiger partial charge in [0.05, 0.1) is 6.61 Å². The highest BCUT2D eigenvalue weighted by atomic mass is 16.5. The molecule has 2 aliphatic rings. The van der Waals surface area contributed by atoms with Gasteiger partial charge >= 0.3 is 0 Å². The van der Waals surface area contributed by atoms with Gasteiger partial charge in [0.15, 0.2) is 0 Å². The Kier molecular flexibility index (Phi) is 6.57. The van der Waals surface area contributed by atoms with E-state index in [4.69, 9.17) is 4.74 Å². The maximum Gasteiger partial charge on any atom is 0.0521 e. The molecule has 4 nitrogen and oxygen atoms in total. The predicted molar refractivity (Wildman–Crippen MR) is 79.6 cm³/mol. The van der Waals surface area contributed by atoms with Crippen molar-refractivity contribution in [2.45, 2.75) is 32.7 Å². The van der Waals surface area contributed by atoms with Crippen LogP contribution in [0.15, 0.2) is 0 Å². The van der Waals surface area contributed by atoms with Gasteiger partial charge < -0.3 is 19.9 Å². The SMILES string of the molecule is CCCN1CCN(CC2COCCC2NCC)CC1. The van der Waals surface area contributed by atoms with Crippen molar-refractivity contribution in [3.8, 4) is 0 Å². The van der Waals surface area contributed by atoms with Crippen LogP contribution in [0.1, 0.15) is 26.7 Å². The summed E-state index contributed by atoms with van der Waals surface area (Å²) in [6.45, 7) is 14.8. The van der Waals surface area contributed by atoms with Crippen LogP contribution >= 0.6 is 0 Å². The molecule has 112 valence electrons. The van der Waals surface area contributed by atoms with Crippen molar-refractivity contribution in [2.24, 2.45) is 5.92 Å². The van der Waals surface area contributed by atoms with Gasteiger partial charge in [-0.15, -0.1) is 0 Å². The average molecular weight is 269 g/mol. The zero-order valence-corrected chi connectivity index (χ0v) is 12.7. The summed E-state index contributed by atoms with van der Waals surface area (Å²) in [5, 5.41) is 3.64. The highest BCUT2D eigenvalue weighted by molar-refractivity contribution is 4.83. The summed E-state index contributed by atoms with van der Waals surface area (Å²) in [5.41, 5.74) is 0. The summed E-state index contributed by atoms with van der Waals surface area (Å²) in [4.78, 5) is 5.23. The Labute approximate surface area is 118 Å². The lowest BCUT2D eigenvalue weighted by Crippen LogP contribution is -2.52. The van der Waals surface area contributed by atoms with E-state index < -0.39 is 0 Å². The van der Waals surface area contributed by atoms with Crippen molar-refractivity contribution in [1.82, 2.24) is 15.1 Å². The van der Waals surface area contributed by atoms with E-state index in [-0.39, 0.29) is 0 Å². The minimum absolute atomic E-state index is 0.660. The summed E-state index contributed by atoms with van der Waals surface area (Å²) < 4.78 is 5.68. The number of nitrogens with zero attached hydrogens (tertiary/aromatic N) is 2. The zero-order valence-electron chi connectivity index (χ0n) is 12.7. The van der Waals surface area contributed by atoms with Gasteiger partial charge in [-0.3, -0.25) is 0 Å². The van der Waals surface area contributed by atoms with Gasteiger partial charge in [-0.2, -0.15) is 0 Å². The Hall–Kier alpha value is -0.160. The number of rotatable bonds is 6. The van der Waals surface area contributed by atoms with Crippen molar-refractivity contribution in [3.63, 3.8) is 0 Å². The summed E-state index contributed by atoms with van der Waals surface area (Å²) in [7, 11) is 0. The molecule has 19 heavy (non-hydrogen) atoms. The van der Waals surface area contributed by atoms with E-state index in [0.29, 0.717) is 12.0 Å². The quantitative estimate of drug-likeness (QED) is 0.779. The van der Waals surface area contributed by atoms with Crippen LogP contribution in [0, 0.1) is 5.92 Å². The Morgan fingerprint density at radius 3 is 2.53 bits per heavy atom. The molecular formula is C15H31N3O. The molecule has 2 rings (SSSR count). The molecule has 2 fully saturated rings. The van der Waals surface area contributed by atoms with Gasteiger partial charge in [0.25, 0.3) is 0 Å². The van der Waals surface area contributed by atoms with Crippen LogP contribution in [0.25, 0.3) is 0 Å². The molecule has 0 spiro atoms. The monoisotopic (exact) mass is 269 g/mol. The highest BCUT2D eigenvalue weighted by Crippen LogP contribution is 2.17. The fourth-order valence-electron chi connectivity index (χ4n) is 3.35. The molecular weight excluding hydrogens is 238 g/mol. The summed E-state index contributed by atoms with van der Waals surface area (Å²) >= 11 is 0. The second kappa shape index (κ2) is 8.20. The van der Waals surface area contributed by atoms with E-state index >= 15 is 0 Å². The molecule has 0 aliphatic carbocycles. The molecule has 0 aromatic carbocycles. The number of hydrogen-bond acceptors (Lipinski definition) is 4.